The molecule has 1 atom stereocenters. The van der Waals surface area contributed by atoms with Gasteiger partial charge >= 0.3 is 0 Å². The van der Waals surface area contributed by atoms with Gasteiger partial charge in [0.05, 0.1) is 12.8 Å². The summed E-state index contributed by atoms with van der Waals surface area (Å²) in [5.74, 6) is 1.74. The van der Waals surface area contributed by atoms with Crippen molar-refractivity contribution in [1.82, 2.24) is 15.0 Å². The maximum atomic E-state index is 8.94. The first kappa shape index (κ1) is 13.3. The van der Waals surface area contributed by atoms with E-state index >= 15 is 0 Å². The lowest BCUT2D eigenvalue weighted by Crippen LogP contribution is -2.29. The maximum absolute atomic E-state index is 8.94. The predicted molar refractivity (Wildman–Crippen MR) is 71.8 cm³/mol. The largest absolute Gasteiger partial charge is 0.461 e. The zero-order chi connectivity index (χ0) is 13.8. The summed E-state index contributed by atoms with van der Waals surface area (Å²) in [7, 11) is 0. The number of hydrogen-bond donors (Lipinski definition) is 1. The molecule has 3 rings (SSSR count). The zero-order valence-electron chi connectivity index (χ0n) is 11.4. The Kier molecular flexibility index (Phi) is 4.13. The molecule has 0 radical (unpaired) electrons. The van der Waals surface area contributed by atoms with Crippen LogP contribution in [0.2, 0.25) is 0 Å². The second-order valence-electron chi connectivity index (χ2n) is 5.12. The molecule has 0 aromatic carbocycles. The van der Waals surface area contributed by atoms with E-state index in [0.29, 0.717) is 30.1 Å². The minimum atomic E-state index is 0.257. The van der Waals surface area contributed by atoms with E-state index in [-0.39, 0.29) is 6.61 Å². The fraction of sp³-hybridized carbons (Fsp3) is 0.571. The van der Waals surface area contributed by atoms with Crippen LogP contribution in [0, 0.1) is 0 Å². The number of nitrogens with zero attached hydrogens (tertiary/aromatic N) is 3. The predicted octanol–water partition coefficient (Wildman–Crippen LogP) is 2.07. The molecule has 6 heteroatoms. The highest BCUT2D eigenvalue weighted by Gasteiger charge is 2.25. The summed E-state index contributed by atoms with van der Waals surface area (Å²) in [5.41, 5.74) is 0. The number of rotatable bonds is 6. The first-order valence-corrected chi connectivity index (χ1v) is 7.08. The van der Waals surface area contributed by atoms with E-state index in [9.17, 15) is 0 Å². The molecule has 20 heavy (non-hydrogen) atoms. The van der Waals surface area contributed by atoms with Crippen LogP contribution in [-0.2, 0) is 6.54 Å². The third kappa shape index (κ3) is 2.91. The van der Waals surface area contributed by atoms with Gasteiger partial charge in [-0.3, -0.25) is 4.90 Å². The Morgan fingerprint density at radius 3 is 3.20 bits per heavy atom. The summed E-state index contributed by atoms with van der Waals surface area (Å²) in [6, 6.07) is 4.13. The lowest BCUT2D eigenvalue weighted by atomic mass is 10.1. The first-order valence-electron chi connectivity index (χ1n) is 7.08. The van der Waals surface area contributed by atoms with E-state index in [1.165, 1.54) is 12.8 Å². The van der Waals surface area contributed by atoms with Crippen LogP contribution in [0.25, 0.3) is 11.6 Å². The van der Waals surface area contributed by atoms with Crippen LogP contribution in [0.1, 0.15) is 31.6 Å². The SMILES string of the molecule is OCCCC1CCCN1Cc1nc(-c2ccco2)no1. The first-order chi connectivity index (χ1) is 9.86. The summed E-state index contributed by atoms with van der Waals surface area (Å²) in [6.45, 7) is 1.98. The lowest BCUT2D eigenvalue weighted by molar-refractivity contribution is 0.188. The molecule has 1 aliphatic rings. The summed E-state index contributed by atoms with van der Waals surface area (Å²) < 4.78 is 10.5. The summed E-state index contributed by atoms with van der Waals surface area (Å²) >= 11 is 0. The molecule has 108 valence electrons. The van der Waals surface area contributed by atoms with Gasteiger partial charge in [0.1, 0.15) is 0 Å². The van der Waals surface area contributed by atoms with E-state index in [1.54, 1.807) is 12.3 Å². The number of aliphatic hydroxyl groups is 1. The average molecular weight is 277 g/mol. The molecule has 1 unspecified atom stereocenters. The Morgan fingerprint density at radius 2 is 2.40 bits per heavy atom. The quantitative estimate of drug-likeness (QED) is 0.871. The highest BCUT2D eigenvalue weighted by Crippen LogP contribution is 2.24. The Labute approximate surface area is 117 Å². The Bertz CT molecular complexity index is 524. The molecule has 1 aliphatic heterocycles. The fourth-order valence-electron chi connectivity index (χ4n) is 2.76. The molecular weight excluding hydrogens is 258 g/mol. The minimum absolute atomic E-state index is 0.257. The van der Waals surface area contributed by atoms with E-state index in [2.05, 4.69) is 15.0 Å². The van der Waals surface area contributed by atoms with Crippen molar-refractivity contribution in [3.8, 4) is 11.6 Å². The number of hydrogen-bond acceptors (Lipinski definition) is 6. The Balaban J connectivity index is 1.62. The lowest BCUT2D eigenvalue weighted by Gasteiger charge is -2.22. The number of aliphatic hydroxyl groups excluding tert-OH is 1. The molecule has 6 nitrogen and oxygen atoms in total. The van der Waals surface area contributed by atoms with Gasteiger partial charge in [-0.2, -0.15) is 4.98 Å². The van der Waals surface area contributed by atoms with Crippen LogP contribution >= 0.6 is 0 Å². The standard InChI is InChI=1S/C14H19N3O3/c18-8-2-5-11-4-1-7-17(11)10-13-15-14(16-20-13)12-6-3-9-19-12/h3,6,9,11,18H,1-2,4-5,7-8,10H2. The van der Waals surface area contributed by atoms with Crippen LogP contribution in [0.4, 0.5) is 0 Å². The molecule has 0 spiro atoms. The van der Waals surface area contributed by atoms with Gasteiger partial charge in [-0.05, 0) is 44.4 Å². The fourth-order valence-corrected chi connectivity index (χ4v) is 2.76. The number of furan rings is 1. The highest BCUT2D eigenvalue weighted by atomic mass is 16.5. The van der Waals surface area contributed by atoms with Crippen molar-refractivity contribution in [2.75, 3.05) is 13.2 Å². The molecule has 0 aliphatic carbocycles. The van der Waals surface area contributed by atoms with E-state index < -0.39 is 0 Å². The van der Waals surface area contributed by atoms with Gasteiger partial charge in [0.25, 0.3) is 0 Å². The molecule has 2 aromatic rings. The van der Waals surface area contributed by atoms with Crippen LogP contribution in [0.5, 0.6) is 0 Å². The van der Waals surface area contributed by atoms with E-state index in [4.69, 9.17) is 14.0 Å². The second kappa shape index (κ2) is 6.19. The molecule has 0 bridgehead atoms. The number of likely N-dealkylation sites (tertiary alicyclic amines) is 1. The molecule has 0 amide bonds. The van der Waals surface area contributed by atoms with E-state index in [1.807, 2.05) is 6.07 Å². The second-order valence-corrected chi connectivity index (χ2v) is 5.12. The highest BCUT2D eigenvalue weighted by molar-refractivity contribution is 5.44. The Morgan fingerprint density at radius 1 is 1.45 bits per heavy atom. The number of aromatic nitrogens is 2. The van der Waals surface area contributed by atoms with Crippen molar-refractivity contribution in [2.45, 2.75) is 38.3 Å². The molecule has 1 N–H and O–H groups in total. The molecule has 3 heterocycles. The minimum Gasteiger partial charge on any atom is -0.461 e. The van der Waals surface area contributed by atoms with Crippen molar-refractivity contribution in [3.63, 3.8) is 0 Å². The summed E-state index contributed by atoms with van der Waals surface area (Å²) in [6.07, 6.45) is 5.84. The average Bonchev–Trinajstić information content (AvgIpc) is 3.18. The monoisotopic (exact) mass is 277 g/mol. The van der Waals surface area contributed by atoms with Crippen LogP contribution in [0.15, 0.2) is 27.3 Å². The van der Waals surface area contributed by atoms with Crippen molar-refractivity contribution in [1.29, 1.82) is 0 Å². The van der Waals surface area contributed by atoms with Crippen LogP contribution in [-0.4, -0.2) is 39.3 Å². The van der Waals surface area contributed by atoms with Gasteiger partial charge in [-0.1, -0.05) is 5.16 Å². The Hall–Kier alpha value is -1.66. The van der Waals surface area contributed by atoms with E-state index in [0.717, 1.165) is 19.4 Å². The maximum Gasteiger partial charge on any atom is 0.241 e. The van der Waals surface area contributed by atoms with Crippen molar-refractivity contribution in [3.05, 3.63) is 24.3 Å². The van der Waals surface area contributed by atoms with Crippen LogP contribution in [0.3, 0.4) is 0 Å². The van der Waals surface area contributed by atoms with Crippen molar-refractivity contribution < 1.29 is 14.0 Å². The summed E-state index contributed by atoms with van der Waals surface area (Å²) in [4.78, 5) is 6.72. The third-order valence-corrected chi connectivity index (χ3v) is 3.74. The van der Waals surface area contributed by atoms with Crippen molar-refractivity contribution in [2.24, 2.45) is 0 Å². The smallest absolute Gasteiger partial charge is 0.241 e. The van der Waals surface area contributed by atoms with Gasteiger partial charge in [0, 0.05) is 12.6 Å². The topological polar surface area (TPSA) is 75.5 Å². The summed E-state index contributed by atoms with van der Waals surface area (Å²) in [5, 5.41) is 12.9. The molecule has 1 fully saturated rings. The van der Waals surface area contributed by atoms with Gasteiger partial charge in [-0.15, -0.1) is 0 Å². The molecular formula is C14H19N3O3. The van der Waals surface area contributed by atoms with Gasteiger partial charge < -0.3 is 14.0 Å². The van der Waals surface area contributed by atoms with Crippen LogP contribution < -0.4 is 0 Å². The van der Waals surface area contributed by atoms with Gasteiger partial charge in [0.15, 0.2) is 5.76 Å². The van der Waals surface area contributed by atoms with Gasteiger partial charge in [0.2, 0.25) is 11.7 Å². The normalized spacial score (nSPS) is 19.8. The molecule has 0 saturated carbocycles. The van der Waals surface area contributed by atoms with Crippen molar-refractivity contribution >= 4 is 0 Å². The molecule has 1 saturated heterocycles. The zero-order valence-corrected chi connectivity index (χ0v) is 11.4. The van der Waals surface area contributed by atoms with Gasteiger partial charge in [-0.25, -0.2) is 0 Å². The third-order valence-electron chi connectivity index (χ3n) is 3.74. The molecule has 2 aromatic heterocycles.